The van der Waals surface area contributed by atoms with Crippen LogP contribution in [0.25, 0.3) is 0 Å². The zero-order chi connectivity index (χ0) is 14.8. The fraction of sp³-hybridized carbons (Fsp3) is 0.647. The first-order chi connectivity index (χ1) is 10.2. The van der Waals surface area contributed by atoms with Gasteiger partial charge in [0.1, 0.15) is 5.75 Å². The molecule has 4 nitrogen and oxygen atoms in total. The minimum Gasteiger partial charge on any atom is -0.494 e. The van der Waals surface area contributed by atoms with Crippen LogP contribution < -0.4 is 10.1 Å². The highest BCUT2D eigenvalue weighted by atomic mass is 16.5. The number of benzene rings is 1. The van der Waals surface area contributed by atoms with Crippen molar-refractivity contribution in [3.05, 3.63) is 23.8 Å². The smallest absolute Gasteiger partial charge is 0.124 e. The van der Waals surface area contributed by atoms with Crippen molar-refractivity contribution in [2.24, 2.45) is 0 Å². The molecule has 116 valence electrons. The van der Waals surface area contributed by atoms with Crippen molar-refractivity contribution in [3.63, 3.8) is 0 Å². The van der Waals surface area contributed by atoms with Crippen molar-refractivity contribution < 1.29 is 9.84 Å². The monoisotopic (exact) mass is 290 g/mol. The molecule has 0 radical (unpaired) electrons. The van der Waals surface area contributed by atoms with Crippen LogP contribution in [0.2, 0.25) is 0 Å². The summed E-state index contributed by atoms with van der Waals surface area (Å²) in [6.45, 7) is 6.06. The van der Waals surface area contributed by atoms with E-state index < -0.39 is 0 Å². The molecule has 0 aromatic heterocycles. The van der Waals surface area contributed by atoms with Crippen molar-refractivity contribution >= 4 is 5.69 Å². The number of aliphatic hydroxyl groups is 1. The van der Waals surface area contributed by atoms with E-state index in [2.05, 4.69) is 23.2 Å². The number of likely N-dealkylation sites (tertiary alicyclic amines) is 1. The number of anilines is 1. The van der Waals surface area contributed by atoms with Crippen molar-refractivity contribution in [1.82, 2.24) is 4.90 Å². The van der Waals surface area contributed by atoms with Crippen LogP contribution in [0, 0.1) is 0 Å². The number of ether oxygens (including phenoxy) is 1. The van der Waals surface area contributed by atoms with Crippen molar-refractivity contribution in [2.45, 2.75) is 57.8 Å². The molecule has 1 saturated heterocycles. The summed E-state index contributed by atoms with van der Waals surface area (Å²) in [6, 6.07) is 8.03. The molecular weight excluding hydrogens is 264 g/mol. The SMILES string of the molecule is CCOc1ccc(NC2CC(C)N(C3CC3)C2)cc1CO. The Morgan fingerprint density at radius 2 is 2.19 bits per heavy atom. The maximum absolute atomic E-state index is 9.48. The first-order valence-electron chi connectivity index (χ1n) is 8.10. The van der Waals surface area contributed by atoms with Crippen LogP contribution in [-0.2, 0) is 6.61 Å². The Morgan fingerprint density at radius 3 is 2.86 bits per heavy atom. The molecule has 2 unspecified atom stereocenters. The Labute approximate surface area is 127 Å². The van der Waals surface area contributed by atoms with Gasteiger partial charge in [-0.1, -0.05) is 0 Å². The average molecular weight is 290 g/mol. The summed E-state index contributed by atoms with van der Waals surface area (Å²) < 4.78 is 5.53. The lowest BCUT2D eigenvalue weighted by molar-refractivity contribution is 0.257. The second-order valence-electron chi connectivity index (χ2n) is 6.27. The van der Waals surface area contributed by atoms with Crippen molar-refractivity contribution in [3.8, 4) is 5.75 Å². The molecule has 1 heterocycles. The highest BCUT2D eigenvalue weighted by molar-refractivity contribution is 5.52. The van der Waals surface area contributed by atoms with Crippen LogP contribution in [0.1, 0.15) is 38.7 Å². The van der Waals surface area contributed by atoms with Gasteiger partial charge >= 0.3 is 0 Å². The molecule has 3 rings (SSSR count). The molecule has 1 aromatic rings. The van der Waals surface area contributed by atoms with E-state index in [0.717, 1.165) is 29.6 Å². The van der Waals surface area contributed by atoms with Gasteiger partial charge in [0.25, 0.3) is 0 Å². The lowest BCUT2D eigenvalue weighted by atomic mass is 10.1. The van der Waals surface area contributed by atoms with Gasteiger partial charge in [-0.05, 0) is 51.3 Å². The largest absolute Gasteiger partial charge is 0.494 e. The molecule has 21 heavy (non-hydrogen) atoms. The lowest BCUT2D eigenvalue weighted by Crippen LogP contribution is -2.31. The lowest BCUT2D eigenvalue weighted by Gasteiger charge is -2.20. The highest BCUT2D eigenvalue weighted by Gasteiger charge is 2.38. The summed E-state index contributed by atoms with van der Waals surface area (Å²) in [6.07, 6.45) is 3.93. The number of rotatable bonds is 6. The molecule has 1 saturated carbocycles. The number of aliphatic hydroxyl groups excluding tert-OH is 1. The van der Waals surface area contributed by atoms with Crippen LogP contribution in [0.4, 0.5) is 5.69 Å². The molecular formula is C17H26N2O2. The first kappa shape index (κ1) is 14.7. The van der Waals surface area contributed by atoms with E-state index in [0.29, 0.717) is 18.7 Å². The highest BCUT2D eigenvalue weighted by Crippen LogP contribution is 2.34. The fourth-order valence-electron chi connectivity index (χ4n) is 3.40. The summed E-state index contributed by atoms with van der Waals surface area (Å²) in [5.74, 6) is 0.782. The van der Waals surface area contributed by atoms with Crippen molar-refractivity contribution in [2.75, 3.05) is 18.5 Å². The number of nitrogens with zero attached hydrogens (tertiary/aromatic N) is 1. The number of hydrogen-bond donors (Lipinski definition) is 2. The fourth-order valence-corrected chi connectivity index (χ4v) is 3.40. The minimum absolute atomic E-state index is 0.0140. The molecule has 0 bridgehead atoms. The predicted molar refractivity (Wildman–Crippen MR) is 84.8 cm³/mol. The summed E-state index contributed by atoms with van der Waals surface area (Å²) in [5.41, 5.74) is 1.93. The summed E-state index contributed by atoms with van der Waals surface area (Å²) in [5, 5.41) is 13.1. The third-order valence-corrected chi connectivity index (χ3v) is 4.54. The van der Waals surface area contributed by atoms with E-state index in [1.54, 1.807) is 0 Å². The molecule has 1 aromatic carbocycles. The van der Waals surface area contributed by atoms with E-state index in [9.17, 15) is 5.11 Å². The normalized spacial score (nSPS) is 26.0. The number of nitrogens with one attached hydrogen (secondary N) is 1. The Bertz CT molecular complexity index is 488. The van der Waals surface area contributed by atoms with Gasteiger partial charge in [-0.25, -0.2) is 0 Å². The van der Waals surface area contributed by atoms with Crippen LogP contribution in [0.3, 0.4) is 0 Å². The van der Waals surface area contributed by atoms with Gasteiger partial charge < -0.3 is 15.2 Å². The van der Waals surface area contributed by atoms with Crippen LogP contribution in [0.15, 0.2) is 18.2 Å². The molecule has 0 amide bonds. The molecule has 1 aliphatic carbocycles. The molecule has 2 N–H and O–H groups in total. The van der Waals surface area contributed by atoms with Gasteiger partial charge in [-0.15, -0.1) is 0 Å². The van der Waals surface area contributed by atoms with E-state index in [1.807, 2.05) is 19.1 Å². The third kappa shape index (κ3) is 3.33. The van der Waals surface area contributed by atoms with Gasteiger partial charge in [0.05, 0.1) is 13.2 Å². The second-order valence-corrected chi connectivity index (χ2v) is 6.27. The Balaban J connectivity index is 1.64. The van der Waals surface area contributed by atoms with Crippen LogP contribution in [-0.4, -0.2) is 41.3 Å². The van der Waals surface area contributed by atoms with E-state index in [-0.39, 0.29) is 6.61 Å². The summed E-state index contributed by atoms with van der Waals surface area (Å²) >= 11 is 0. The second kappa shape index (κ2) is 6.24. The maximum Gasteiger partial charge on any atom is 0.124 e. The maximum atomic E-state index is 9.48. The quantitative estimate of drug-likeness (QED) is 0.845. The molecule has 1 aliphatic heterocycles. The summed E-state index contributed by atoms with van der Waals surface area (Å²) in [4.78, 5) is 2.64. The van der Waals surface area contributed by atoms with E-state index in [1.165, 1.54) is 19.3 Å². The van der Waals surface area contributed by atoms with Gasteiger partial charge in [-0.3, -0.25) is 4.90 Å². The van der Waals surface area contributed by atoms with Crippen LogP contribution in [0.5, 0.6) is 5.75 Å². The van der Waals surface area contributed by atoms with Gasteiger partial charge in [0, 0.05) is 35.9 Å². The molecule has 0 spiro atoms. The van der Waals surface area contributed by atoms with Gasteiger partial charge in [0.15, 0.2) is 0 Å². The topological polar surface area (TPSA) is 44.7 Å². The minimum atomic E-state index is 0.0140. The molecule has 2 aliphatic rings. The Hall–Kier alpha value is -1.26. The third-order valence-electron chi connectivity index (χ3n) is 4.54. The van der Waals surface area contributed by atoms with Crippen LogP contribution >= 0.6 is 0 Å². The van der Waals surface area contributed by atoms with Gasteiger partial charge in [0.2, 0.25) is 0 Å². The average Bonchev–Trinajstić information content (AvgIpc) is 3.25. The zero-order valence-corrected chi connectivity index (χ0v) is 13.0. The Morgan fingerprint density at radius 1 is 1.38 bits per heavy atom. The zero-order valence-electron chi connectivity index (χ0n) is 13.0. The molecule has 4 heteroatoms. The summed E-state index contributed by atoms with van der Waals surface area (Å²) in [7, 11) is 0. The van der Waals surface area contributed by atoms with E-state index >= 15 is 0 Å². The van der Waals surface area contributed by atoms with Crippen molar-refractivity contribution in [1.29, 1.82) is 0 Å². The first-order valence-corrected chi connectivity index (χ1v) is 8.10. The molecule has 2 fully saturated rings. The standard InChI is InChI=1S/C17H26N2O2/c1-3-21-17-7-4-14(9-13(17)11-20)18-15-8-12(2)19(10-15)16-5-6-16/h4,7,9,12,15-16,18,20H,3,5-6,8,10-11H2,1-2H3. The molecule has 2 atom stereocenters. The predicted octanol–water partition coefficient (Wildman–Crippen LogP) is 2.61. The number of hydrogen-bond acceptors (Lipinski definition) is 4. The van der Waals surface area contributed by atoms with Gasteiger partial charge in [-0.2, -0.15) is 0 Å². The van der Waals surface area contributed by atoms with E-state index in [4.69, 9.17) is 4.74 Å². The Kier molecular flexibility index (Phi) is 4.36.